The number of carbonyl (C=O) groups excluding carboxylic acids is 1. The van der Waals surface area contributed by atoms with Crippen molar-refractivity contribution in [1.29, 1.82) is 0 Å². The highest BCUT2D eigenvalue weighted by Crippen LogP contribution is 2.29. The molecule has 5 nitrogen and oxygen atoms in total. The van der Waals surface area contributed by atoms with Crippen LogP contribution in [0.1, 0.15) is 32.6 Å². The summed E-state index contributed by atoms with van der Waals surface area (Å²) in [6, 6.07) is -0.413. The Morgan fingerprint density at radius 1 is 1.56 bits per heavy atom. The SMILES string of the molecule is C#CCC(CC)NC(=O)N(CC(=O)O)CC1CC1. The molecule has 0 aromatic carbocycles. The summed E-state index contributed by atoms with van der Waals surface area (Å²) in [4.78, 5) is 24.1. The minimum Gasteiger partial charge on any atom is -0.480 e. The average Bonchev–Trinajstić information content (AvgIpc) is 3.10. The van der Waals surface area contributed by atoms with E-state index in [0.717, 1.165) is 19.3 Å². The predicted octanol–water partition coefficient (Wildman–Crippen LogP) is 1.29. The molecule has 2 amide bonds. The fourth-order valence-electron chi connectivity index (χ4n) is 1.70. The van der Waals surface area contributed by atoms with Crippen molar-refractivity contribution in [2.75, 3.05) is 13.1 Å². The standard InChI is InChI=1S/C13H20N2O3/c1-3-5-11(4-2)14-13(18)15(9-12(16)17)8-10-6-7-10/h1,10-11H,4-9H2,2H3,(H,14,18)(H,16,17). The first-order chi connectivity index (χ1) is 8.56. The average molecular weight is 252 g/mol. The molecule has 100 valence electrons. The minimum absolute atomic E-state index is 0.0852. The largest absolute Gasteiger partial charge is 0.480 e. The van der Waals surface area contributed by atoms with Gasteiger partial charge in [0.2, 0.25) is 0 Å². The Bertz CT molecular complexity index is 345. The number of carboxylic acids is 1. The van der Waals surface area contributed by atoms with E-state index in [1.165, 1.54) is 4.90 Å². The number of terminal acetylenes is 1. The first kappa shape index (κ1) is 14.4. The molecule has 1 aliphatic carbocycles. The molecule has 0 bridgehead atoms. The number of rotatable bonds is 7. The summed E-state index contributed by atoms with van der Waals surface area (Å²) in [5.74, 6) is 1.98. The van der Waals surface area contributed by atoms with E-state index < -0.39 is 5.97 Å². The summed E-state index contributed by atoms with van der Waals surface area (Å²) in [5, 5.41) is 11.6. The number of nitrogens with zero attached hydrogens (tertiary/aromatic N) is 1. The van der Waals surface area contributed by atoms with Crippen molar-refractivity contribution in [1.82, 2.24) is 10.2 Å². The lowest BCUT2D eigenvalue weighted by atomic mass is 10.1. The van der Waals surface area contributed by atoms with E-state index in [4.69, 9.17) is 11.5 Å². The fraction of sp³-hybridized carbons (Fsp3) is 0.692. The first-order valence-corrected chi connectivity index (χ1v) is 6.27. The molecule has 1 unspecified atom stereocenters. The summed E-state index contributed by atoms with van der Waals surface area (Å²) in [5.41, 5.74) is 0. The fourth-order valence-corrected chi connectivity index (χ4v) is 1.70. The van der Waals surface area contributed by atoms with Gasteiger partial charge in [-0.2, -0.15) is 0 Å². The number of hydrogen-bond acceptors (Lipinski definition) is 2. The van der Waals surface area contributed by atoms with Gasteiger partial charge in [-0.1, -0.05) is 6.92 Å². The molecule has 0 aromatic heterocycles. The Morgan fingerprint density at radius 2 is 2.22 bits per heavy atom. The molecule has 18 heavy (non-hydrogen) atoms. The van der Waals surface area contributed by atoms with Crippen LogP contribution in [-0.4, -0.2) is 41.1 Å². The van der Waals surface area contributed by atoms with Crippen molar-refractivity contribution < 1.29 is 14.7 Å². The quantitative estimate of drug-likeness (QED) is 0.671. The van der Waals surface area contributed by atoms with E-state index in [0.29, 0.717) is 18.9 Å². The van der Waals surface area contributed by atoms with Crippen molar-refractivity contribution >= 4 is 12.0 Å². The molecule has 0 radical (unpaired) electrons. The summed E-state index contributed by atoms with van der Waals surface area (Å²) < 4.78 is 0. The number of carbonyl (C=O) groups is 2. The number of hydrogen-bond donors (Lipinski definition) is 2. The maximum Gasteiger partial charge on any atom is 0.323 e. The van der Waals surface area contributed by atoms with Gasteiger partial charge in [0.1, 0.15) is 6.54 Å². The molecule has 0 spiro atoms. The topological polar surface area (TPSA) is 69.6 Å². The molecule has 2 N–H and O–H groups in total. The number of nitrogens with one attached hydrogen (secondary N) is 1. The molecular weight excluding hydrogens is 232 g/mol. The van der Waals surface area contributed by atoms with Crippen molar-refractivity contribution in [2.24, 2.45) is 5.92 Å². The highest BCUT2D eigenvalue weighted by molar-refractivity contribution is 5.80. The molecule has 0 aromatic rings. The maximum absolute atomic E-state index is 12.0. The summed E-state index contributed by atoms with van der Waals surface area (Å²) in [7, 11) is 0. The number of carboxylic acid groups (broad SMARTS) is 1. The third kappa shape index (κ3) is 5.09. The Hall–Kier alpha value is -1.70. The lowest BCUT2D eigenvalue weighted by molar-refractivity contribution is -0.137. The molecule has 1 fully saturated rings. The van der Waals surface area contributed by atoms with Crippen LogP contribution in [0.25, 0.3) is 0 Å². The zero-order valence-electron chi connectivity index (χ0n) is 10.7. The van der Waals surface area contributed by atoms with Gasteiger partial charge < -0.3 is 15.3 Å². The lowest BCUT2D eigenvalue weighted by Crippen LogP contribution is -2.47. The Kier molecular flexibility index (Phi) is 5.50. The van der Waals surface area contributed by atoms with Gasteiger partial charge >= 0.3 is 12.0 Å². The van der Waals surface area contributed by atoms with Gasteiger partial charge in [-0.05, 0) is 25.2 Å². The predicted molar refractivity (Wildman–Crippen MR) is 68.0 cm³/mol. The smallest absolute Gasteiger partial charge is 0.323 e. The zero-order valence-corrected chi connectivity index (χ0v) is 10.7. The van der Waals surface area contributed by atoms with Crippen LogP contribution in [-0.2, 0) is 4.79 Å². The second-order valence-electron chi connectivity index (χ2n) is 4.68. The van der Waals surface area contributed by atoms with Crippen LogP contribution in [0.3, 0.4) is 0 Å². The van der Waals surface area contributed by atoms with Crippen LogP contribution in [0.15, 0.2) is 0 Å². The summed E-state index contributed by atoms with van der Waals surface area (Å²) >= 11 is 0. The number of urea groups is 1. The molecule has 0 aliphatic heterocycles. The summed E-state index contributed by atoms with van der Waals surface area (Å²) in [6.45, 7) is 2.20. The third-order valence-electron chi connectivity index (χ3n) is 2.97. The number of amides is 2. The molecule has 1 saturated carbocycles. The Labute approximate surface area is 108 Å². The Morgan fingerprint density at radius 3 is 2.67 bits per heavy atom. The van der Waals surface area contributed by atoms with Crippen LogP contribution < -0.4 is 5.32 Å². The van der Waals surface area contributed by atoms with Crippen LogP contribution in [0.5, 0.6) is 0 Å². The summed E-state index contributed by atoms with van der Waals surface area (Å²) in [6.07, 6.45) is 8.57. The first-order valence-electron chi connectivity index (χ1n) is 6.27. The van der Waals surface area contributed by atoms with Crippen LogP contribution in [0.4, 0.5) is 4.79 Å². The van der Waals surface area contributed by atoms with E-state index in [2.05, 4.69) is 11.2 Å². The molecular formula is C13H20N2O3. The van der Waals surface area contributed by atoms with Crippen LogP contribution >= 0.6 is 0 Å². The van der Waals surface area contributed by atoms with Crippen LogP contribution in [0, 0.1) is 18.3 Å². The van der Waals surface area contributed by atoms with E-state index >= 15 is 0 Å². The second kappa shape index (κ2) is 6.90. The van der Waals surface area contributed by atoms with Gasteiger partial charge in [-0.3, -0.25) is 4.79 Å². The molecule has 1 rings (SSSR count). The van der Waals surface area contributed by atoms with Gasteiger partial charge in [-0.25, -0.2) is 4.79 Å². The molecule has 5 heteroatoms. The van der Waals surface area contributed by atoms with E-state index in [1.807, 2.05) is 6.92 Å². The lowest BCUT2D eigenvalue weighted by Gasteiger charge is -2.24. The van der Waals surface area contributed by atoms with Gasteiger partial charge in [0.15, 0.2) is 0 Å². The van der Waals surface area contributed by atoms with Crippen LogP contribution in [0.2, 0.25) is 0 Å². The number of aliphatic carboxylic acids is 1. The molecule has 0 saturated heterocycles. The Balaban J connectivity index is 2.51. The normalized spacial score (nSPS) is 15.6. The monoisotopic (exact) mass is 252 g/mol. The van der Waals surface area contributed by atoms with Crippen molar-refractivity contribution in [2.45, 2.75) is 38.6 Å². The van der Waals surface area contributed by atoms with Crippen molar-refractivity contribution in [3.05, 3.63) is 0 Å². The van der Waals surface area contributed by atoms with E-state index in [-0.39, 0.29) is 18.6 Å². The third-order valence-corrected chi connectivity index (χ3v) is 2.97. The minimum atomic E-state index is -0.990. The molecule has 1 aliphatic rings. The zero-order chi connectivity index (χ0) is 13.5. The van der Waals surface area contributed by atoms with Crippen molar-refractivity contribution in [3.63, 3.8) is 0 Å². The van der Waals surface area contributed by atoms with E-state index in [9.17, 15) is 9.59 Å². The highest BCUT2D eigenvalue weighted by atomic mass is 16.4. The van der Waals surface area contributed by atoms with E-state index in [1.54, 1.807) is 0 Å². The van der Waals surface area contributed by atoms with Gasteiger partial charge in [0, 0.05) is 19.0 Å². The second-order valence-corrected chi connectivity index (χ2v) is 4.68. The van der Waals surface area contributed by atoms with Gasteiger partial charge in [0.05, 0.1) is 0 Å². The maximum atomic E-state index is 12.0. The van der Waals surface area contributed by atoms with Gasteiger partial charge in [-0.15, -0.1) is 12.3 Å². The molecule has 1 atom stereocenters. The van der Waals surface area contributed by atoms with Crippen molar-refractivity contribution in [3.8, 4) is 12.3 Å². The van der Waals surface area contributed by atoms with Gasteiger partial charge in [0.25, 0.3) is 0 Å². The molecule has 0 heterocycles. The highest BCUT2D eigenvalue weighted by Gasteiger charge is 2.28.